The zero-order valence-corrected chi connectivity index (χ0v) is 12.3. The average molecular weight is 280 g/mol. The number of aryl methyl sites for hydroxylation is 1. The summed E-state index contributed by atoms with van der Waals surface area (Å²) in [5.41, 5.74) is 6.84. The average Bonchev–Trinajstić information content (AvgIpc) is 2.84. The lowest BCUT2D eigenvalue weighted by molar-refractivity contribution is -0.134. The standard InChI is InChI=1S/C14H24N4O2/c1-3-4-13(15)14(19)18-7-5-17(6-8-18)10-12-9-11(2)20-16-12/h9,13H,3-8,10,15H2,1-2H3. The molecule has 1 aromatic rings. The fourth-order valence-electron chi connectivity index (χ4n) is 2.52. The second-order valence-electron chi connectivity index (χ2n) is 5.43. The fourth-order valence-corrected chi connectivity index (χ4v) is 2.52. The van der Waals surface area contributed by atoms with E-state index in [4.69, 9.17) is 10.3 Å². The van der Waals surface area contributed by atoms with Crippen LogP contribution in [0.25, 0.3) is 0 Å². The summed E-state index contributed by atoms with van der Waals surface area (Å²) < 4.78 is 5.07. The van der Waals surface area contributed by atoms with E-state index >= 15 is 0 Å². The Bertz CT molecular complexity index is 438. The van der Waals surface area contributed by atoms with E-state index < -0.39 is 0 Å². The lowest BCUT2D eigenvalue weighted by Crippen LogP contribution is -2.52. The Balaban J connectivity index is 1.78. The first-order valence-electron chi connectivity index (χ1n) is 7.29. The molecule has 0 spiro atoms. The maximum Gasteiger partial charge on any atom is 0.239 e. The summed E-state index contributed by atoms with van der Waals surface area (Å²) in [4.78, 5) is 16.3. The van der Waals surface area contributed by atoms with Crippen LogP contribution in [0.5, 0.6) is 0 Å². The van der Waals surface area contributed by atoms with Gasteiger partial charge >= 0.3 is 0 Å². The molecule has 1 atom stereocenters. The Hall–Kier alpha value is -1.40. The van der Waals surface area contributed by atoms with Gasteiger partial charge in [-0.15, -0.1) is 0 Å². The largest absolute Gasteiger partial charge is 0.361 e. The van der Waals surface area contributed by atoms with Gasteiger partial charge in [-0.3, -0.25) is 9.69 Å². The minimum absolute atomic E-state index is 0.0868. The summed E-state index contributed by atoms with van der Waals surface area (Å²) in [7, 11) is 0. The van der Waals surface area contributed by atoms with Crippen molar-refractivity contribution in [2.24, 2.45) is 5.73 Å². The van der Waals surface area contributed by atoms with Crippen molar-refractivity contribution in [3.8, 4) is 0 Å². The molecule has 1 fully saturated rings. The van der Waals surface area contributed by atoms with Crippen molar-refractivity contribution in [3.63, 3.8) is 0 Å². The Morgan fingerprint density at radius 2 is 2.15 bits per heavy atom. The summed E-state index contributed by atoms with van der Waals surface area (Å²) in [5, 5.41) is 4.00. The summed E-state index contributed by atoms with van der Waals surface area (Å²) in [6, 6.07) is 1.61. The number of carbonyl (C=O) groups excluding carboxylic acids is 1. The molecule has 1 aromatic heterocycles. The zero-order valence-electron chi connectivity index (χ0n) is 12.3. The van der Waals surface area contributed by atoms with Crippen LogP contribution < -0.4 is 5.73 Å². The number of rotatable bonds is 5. The molecular formula is C14H24N4O2. The first-order valence-corrected chi connectivity index (χ1v) is 7.29. The monoisotopic (exact) mass is 280 g/mol. The maximum absolute atomic E-state index is 12.1. The molecule has 6 heteroatoms. The van der Waals surface area contributed by atoms with Gasteiger partial charge in [0, 0.05) is 38.8 Å². The van der Waals surface area contributed by atoms with Gasteiger partial charge in [-0.1, -0.05) is 18.5 Å². The summed E-state index contributed by atoms with van der Waals surface area (Å²) in [5.74, 6) is 0.920. The third kappa shape index (κ3) is 3.80. The predicted octanol–water partition coefficient (Wildman–Crippen LogP) is 0.755. The molecule has 1 saturated heterocycles. The molecule has 0 bridgehead atoms. The Morgan fingerprint density at radius 1 is 1.45 bits per heavy atom. The van der Waals surface area contributed by atoms with E-state index in [0.29, 0.717) is 0 Å². The van der Waals surface area contributed by atoms with Gasteiger partial charge in [-0.2, -0.15) is 0 Å². The molecule has 1 unspecified atom stereocenters. The van der Waals surface area contributed by atoms with E-state index in [0.717, 1.165) is 57.0 Å². The number of carbonyl (C=O) groups is 1. The molecule has 0 aliphatic carbocycles. The molecular weight excluding hydrogens is 256 g/mol. The van der Waals surface area contributed by atoms with Crippen molar-refractivity contribution >= 4 is 5.91 Å². The van der Waals surface area contributed by atoms with Gasteiger partial charge in [-0.05, 0) is 13.3 Å². The van der Waals surface area contributed by atoms with E-state index in [1.54, 1.807) is 0 Å². The van der Waals surface area contributed by atoms with E-state index in [9.17, 15) is 4.79 Å². The lowest BCUT2D eigenvalue weighted by atomic mass is 10.1. The quantitative estimate of drug-likeness (QED) is 0.861. The molecule has 2 rings (SSSR count). The van der Waals surface area contributed by atoms with Crippen LogP contribution in [0.1, 0.15) is 31.2 Å². The Kier molecular flexibility index (Phi) is 5.14. The van der Waals surface area contributed by atoms with Gasteiger partial charge in [0.25, 0.3) is 0 Å². The van der Waals surface area contributed by atoms with E-state index in [1.165, 1.54) is 0 Å². The molecule has 2 N–H and O–H groups in total. The van der Waals surface area contributed by atoms with Crippen LogP contribution in [0, 0.1) is 6.92 Å². The van der Waals surface area contributed by atoms with Gasteiger partial charge < -0.3 is 15.2 Å². The van der Waals surface area contributed by atoms with Crippen molar-refractivity contribution in [3.05, 3.63) is 17.5 Å². The van der Waals surface area contributed by atoms with Gasteiger partial charge in [-0.25, -0.2) is 0 Å². The second kappa shape index (κ2) is 6.85. The highest BCUT2D eigenvalue weighted by molar-refractivity contribution is 5.81. The SMILES string of the molecule is CCCC(N)C(=O)N1CCN(Cc2cc(C)on2)CC1. The highest BCUT2D eigenvalue weighted by atomic mass is 16.5. The predicted molar refractivity (Wildman–Crippen MR) is 76.0 cm³/mol. The summed E-state index contributed by atoms with van der Waals surface area (Å²) in [6.45, 7) is 7.92. The van der Waals surface area contributed by atoms with Crippen LogP contribution in [0.4, 0.5) is 0 Å². The molecule has 1 aliphatic rings. The van der Waals surface area contributed by atoms with Crippen molar-refractivity contribution in [2.45, 2.75) is 39.3 Å². The fraction of sp³-hybridized carbons (Fsp3) is 0.714. The normalized spacial score (nSPS) is 18.2. The number of hydrogen-bond donors (Lipinski definition) is 1. The van der Waals surface area contributed by atoms with Gasteiger partial charge in [0.2, 0.25) is 5.91 Å². The summed E-state index contributed by atoms with van der Waals surface area (Å²) >= 11 is 0. The van der Waals surface area contributed by atoms with E-state index in [-0.39, 0.29) is 11.9 Å². The first kappa shape index (κ1) is 15.0. The summed E-state index contributed by atoms with van der Waals surface area (Å²) in [6.07, 6.45) is 1.70. The zero-order chi connectivity index (χ0) is 14.5. The Morgan fingerprint density at radius 3 is 2.70 bits per heavy atom. The minimum Gasteiger partial charge on any atom is -0.361 e. The minimum atomic E-state index is -0.343. The van der Waals surface area contributed by atoms with Crippen molar-refractivity contribution in [1.29, 1.82) is 0 Å². The topological polar surface area (TPSA) is 75.6 Å². The van der Waals surface area contributed by atoms with E-state index in [2.05, 4.69) is 10.1 Å². The van der Waals surface area contributed by atoms with Crippen molar-refractivity contribution < 1.29 is 9.32 Å². The molecule has 2 heterocycles. The maximum atomic E-state index is 12.1. The van der Waals surface area contributed by atoms with Gasteiger partial charge in [0.05, 0.1) is 11.7 Å². The molecule has 112 valence electrons. The number of piperazine rings is 1. The molecule has 0 saturated carbocycles. The molecule has 1 amide bonds. The van der Waals surface area contributed by atoms with Gasteiger partial charge in [0.15, 0.2) is 0 Å². The molecule has 1 aliphatic heterocycles. The van der Waals surface area contributed by atoms with Crippen LogP contribution in [-0.4, -0.2) is 53.1 Å². The van der Waals surface area contributed by atoms with Crippen LogP contribution in [0.3, 0.4) is 0 Å². The first-order chi connectivity index (χ1) is 9.60. The highest BCUT2D eigenvalue weighted by Crippen LogP contribution is 2.10. The number of aromatic nitrogens is 1. The number of amides is 1. The molecule has 20 heavy (non-hydrogen) atoms. The number of nitrogens with two attached hydrogens (primary N) is 1. The van der Waals surface area contributed by atoms with Crippen LogP contribution >= 0.6 is 0 Å². The third-order valence-electron chi connectivity index (χ3n) is 3.66. The smallest absolute Gasteiger partial charge is 0.239 e. The lowest BCUT2D eigenvalue weighted by Gasteiger charge is -2.35. The third-order valence-corrected chi connectivity index (χ3v) is 3.66. The highest BCUT2D eigenvalue weighted by Gasteiger charge is 2.25. The molecule has 6 nitrogen and oxygen atoms in total. The van der Waals surface area contributed by atoms with Crippen LogP contribution in [0.15, 0.2) is 10.6 Å². The number of nitrogens with zero attached hydrogens (tertiary/aromatic N) is 3. The van der Waals surface area contributed by atoms with Crippen LogP contribution in [-0.2, 0) is 11.3 Å². The molecule has 0 radical (unpaired) electrons. The van der Waals surface area contributed by atoms with Gasteiger partial charge in [0.1, 0.15) is 5.76 Å². The number of hydrogen-bond acceptors (Lipinski definition) is 5. The van der Waals surface area contributed by atoms with E-state index in [1.807, 2.05) is 24.8 Å². The van der Waals surface area contributed by atoms with Crippen molar-refractivity contribution in [2.75, 3.05) is 26.2 Å². The Labute approximate surface area is 119 Å². The van der Waals surface area contributed by atoms with Crippen molar-refractivity contribution in [1.82, 2.24) is 15.0 Å². The molecule has 0 aromatic carbocycles. The van der Waals surface area contributed by atoms with Crippen LogP contribution in [0.2, 0.25) is 0 Å². The second-order valence-corrected chi connectivity index (χ2v) is 5.43.